The number of ether oxygens (including phenoxy) is 3. The molecule has 1 saturated heterocycles. The minimum absolute atomic E-state index is 0.164. The van der Waals surface area contributed by atoms with Gasteiger partial charge < -0.3 is 19.9 Å². The van der Waals surface area contributed by atoms with Gasteiger partial charge in [0.1, 0.15) is 23.5 Å². The number of primary amides is 1. The number of nitrogens with two attached hydrogens (primary N) is 1. The summed E-state index contributed by atoms with van der Waals surface area (Å²) in [5.41, 5.74) is 5.39. The van der Waals surface area contributed by atoms with Gasteiger partial charge in [-0.1, -0.05) is 17.7 Å². The fraction of sp³-hybridized carbons (Fsp3) is 0.476. The van der Waals surface area contributed by atoms with E-state index in [4.69, 9.17) is 31.5 Å². The van der Waals surface area contributed by atoms with Gasteiger partial charge in [-0.05, 0) is 39.8 Å². The summed E-state index contributed by atoms with van der Waals surface area (Å²) in [5, 5.41) is 1.17. The lowest BCUT2D eigenvalue weighted by Crippen LogP contribution is -2.45. The van der Waals surface area contributed by atoms with E-state index in [1.807, 2.05) is 13.0 Å². The third-order valence-electron chi connectivity index (χ3n) is 4.53. The van der Waals surface area contributed by atoms with Crippen molar-refractivity contribution in [3.63, 3.8) is 0 Å². The predicted molar refractivity (Wildman–Crippen MR) is 113 cm³/mol. The molecule has 2 amide bonds. The SMILES string of the molecule is CCOc1cc(O[C@@H]2CC(C(N)=O)N(C(=O)OC(C)(C)C)C2)c2cccc(Cl)c2n1. The normalized spacial score (nSPS) is 19.0. The second-order valence-electron chi connectivity index (χ2n) is 8.05. The Morgan fingerprint density at radius 3 is 2.70 bits per heavy atom. The molecule has 1 unspecified atom stereocenters. The summed E-state index contributed by atoms with van der Waals surface area (Å²) in [7, 11) is 0. The average molecular weight is 436 g/mol. The molecule has 0 spiro atoms. The summed E-state index contributed by atoms with van der Waals surface area (Å²) in [5.74, 6) is 0.274. The molecule has 2 N–H and O–H groups in total. The Kier molecular flexibility index (Phi) is 6.26. The van der Waals surface area contributed by atoms with Gasteiger partial charge >= 0.3 is 6.09 Å². The zero-order valence-electron chi connectivity index (χ0n) is 17.5. The van der Waals surface area contributed by atoms with Crippen molar-refractivity contribution >= 4 is 34.5 Å². The number of benzene rings is 1. The average Bonchev–Trinajstić information content (AvgIpc) is 3.06. The number of amides is 2. The first-order valence-corrected chi connectivity index (χ1v) is 10.1. The van der Waals surface area contributed by atoms with Gasteiger partial charge in [0.2, 0.25) is 11.8 Å². The largest absolute Gasteiger partial charge is 0.488 e. The Labute approximate surface area is 180 Å². The number of hydrogen-bond acceptors (Lipinski definition) is 6. The van der Waals surface area contributed by atoms with Crippen molar-refractivity contribution in [2.45, 2.75) is 51.9 Å². The van der Waals surface area contributed by atoms with Gasteiger partial charge in [-0.25, -0.2) is 9.78 Å². The Balaban J connectivity index is 1.89. The van der Waals surface area contributed by atoms with E-state index in [2.05, 4.69) is 4.98 Å². The van der Waals surface area contributed by atoms with Crippen molar-refractivity contribution in [2.75, 3.05) is 13.2 Å². The second kappa shape index (κ2) is 8.55. The number of rotatable bonds is 5. The molecule has 30 heavy (non-hydrogen) atoms. The quantitative estimate of drug-likeness (QED) is 0.770. The van der Waals surface area contributed by atoms with E-state index >= 15 is 0 Å². The Morgan fingerprint density at radius 1 is 1.33 bits per heavy atom. The smallest absolute Gasteiger partial charge is 0.411 e. The summed E-state index contributed by atoms with van der Waals surface area (Å²) >= 11 is 6.30. The fourth-order valence-electron chi connectivity index (χ4n) is 3.33. The van der Waals surface area contributed by atoms with Gasteiger partial charge in [0.05, 0.1) is 23.7 Å². The first kappa shape index (κ1) is 22.0. The Morgan fingerprint density at radius 2 is 2.07 bits per heavy atom. The molecule has 1 aromatic carbocycles. The first-order valence-electron chi connectivity index (χ1n) is 9.76. The number of hydrogen-bond donors (Lipinski definition) is 1. The molecular weight excluding hydrogens is 410 g/mol. The second-order valence-corrected chi connectivity index (χ2v) is 8.46. The summed E-state index contributed by atoms with van der Waals surface area (Å²) in [4.78, 5) is 30.3. The molecule has 1 aromatic heterocycles. The molecule has 2 aromatic rings. The van der Waals surface area contributed by atoms with Crippen molar-refractivity contribution < 1.29 is 23.8 Å². The van der Waals surface area contributed by atoms with Crippen LogP contribution in [0.15, 0.2) is 24.3 Å². The zero-order valence-corrected chi connectivity index (χ0v) is 18.2. The topological polar surface area (TPSA) is 104 Å². The molecule has 9 heteroatoms. The van der Waals surface area contributed by atoms with E-state index in [9.17, 15) is 9.59 Å². The third-order valence-corrected chi connectivity index (χ3v) is 4.84. The molecule has 1 aliphatic rings. The third kappa shape index (κ3) is 4.87. The van der Waals surface area contributed by atoms with Gasteiger partial charge in [-0.3, -0.25) is 9.69 Å². The predicted octanol–water partition coefficient (Wildman–Crippen LogP) is 3.53. The Hall–Kier alpha value is -2.74. The molecule has 0 aliphatic carbocycles. The van der Waals surface area contributed by atoms with Gasteiger partial charge in [0.15, 0.2) is 0 Å². The highest BCUT2D eigenvalue weighted by molar-refractivity contribution is 6.35. The fourth-order valence-corrected chi connectivity index (χ4v) is 3.55. The van der Waals surface area contributed by atoms with Crippen molar-refractivity contribution in [3.05, 3.63) is 29.3 Å². The van der Waals surface area contributed by atoms with Crippen LogP contribution < -0.4 is 15.2 Å². The molecule has 0 bridgehead atoms. The van der Waals surface area contributed by atoms with E-state index in [1.54, 1.807) is 39.0 Å². The van der Waals surface area contributed by atoms with Crippen molar-refractivity contribution in [1.82, 2.24) is 9.88 Å². The van der Waals surface area contributed by atoms with Gasteiger partial charge in [-0.2, -0.15) is 0 Å². The van der Waals surface area contributed by atoms with Gasteiger partial charge in [-0.15, -0.1) is 0 Å². The number of pyridine rings is 1. The highest BCUT2D eigenvalue weighted by Crippen LogP contribution is 2.35. The maximum atomic E-state index is 12.6. The van der Waals surface area contributed by atoms with Crippen LogP contribution in [0.3, 0.4) is 0 Å². The molecular formula is C21H26ClN3O5. The van der Waals surface area contributed by atoms with E-state index < -0.39 is 29.7 Å². The van der Waals surface area contributed by atoms with Crippen LogP contribution in [0.25, 0.3) is 10.9 Å². The molecule has 162 valence electrons. The van der Waals surface area contributed by atoms with Crippen molar-refractivity contribution in [3.8, 4) is 11.6 Å². The number of para-hydroxylation sites is 1. The monoisotopic (exact) mass is 435 g/mol. The van der Waals surface area contributed by atoms with Gasteiger partial charge in [0, 0.05) is 17.9 Å². The lowest BCUT2D eigenvalue weighted by atomic mass is 10.1. The van der Waals surface area contributed by atoms with Crippen LogP contribution in [0.5, 0.6) is 11.6 Å². The molecule has 2 atom stereocenters. The molecule has 1 aliphatic heterocycles. The number of carbonyl (C=O) groups is 2. The van der Waals surface area contributed by atoms with E-state index in [1.165, 1.54) is 4.90 Å². The minimum Gasteiger partial charge on any atom is -0.488 e. The summed E-state index contributed by atoms with van der Waals surface area (Å²) in [6, 6.07) is 6.24. The molecule has 1 fully saturated rings. The lowest BCUT2D eigenvalue weighted by molar-refractivity contribution is -0.122. The van der Waals surface area contributed by atoms with Crippen LogP contribution in [0.4, 0.5) is 4.79 Å². The van der Waals surface area contributed by atoms with Crippen molar-refractivity contribution in [1.29, 1.82) is 0 Å². The van der Waals surface area contributed by atoms with Gasteiger partial charge in [0.25, 0.3) is 0 Å². The standard InChI is InChI=1S/C21H26ClN3O5/c1-5-28-17-10-16(13-7-6-8-14(22)18(13)24-17)29-12-9-15(19(23)26)25(11-12)20(27)30-21(2,3)4/h6-8,10,12,15H,5,9,11H2,1-4H3,(H2,23,26)/t12-,15?/m1/s1. The molecule has 3 rings (SSSR count). The molecule has 2 heterocycles. The zero-order chi connectivity index (χ0) is 22.1. The van der Waals surface area contributed by atoms with Crippen LogP contribution in [-0.2, 0) is 9.53 Å². The highest BCUT2D eigenvalue weighted by Gasteiger charge is 2.41. The van der Waals surface area contributed by atoms with E-state index in [0.717, 1.165) is 0 Å². The maximum Gasteiger partial charge on any atom is 0.411 e. The number of carbonyl (C=O) groups excluding carboxylic acids is 2. The van der Waals surface area contributed by atoms with Crippen LogP contribution in [0.2, 0.25) is 5.02 Å². The van der Waals surface area contributed by atoms with Crippen molar-refractivity contribution in [2.24, 2.45) is 5.73 Å². The van der Waals surface area contributed by atoms with Crippen LogP contribution in [-0.4, -0.2) is 52.8 Å². The highest BCUT2D eigenvalue weighted by atomic mass is 35.5. The number of likely N-dealkylation sites (tertiary alicyclic amines) is 1. The summed E-state index contributed by atoms with van der Waals surface area (Å²) in [6.07, 6.45) is -0.813. The van der Waals surface area contributed by atoms with Crippen LogP contribution in [0, 0.1) is 0 Å². The lowest BCUT2D eigenvalue weighted by Gasteiger charge is -2.27. The molecule has 0 saturated carbocycles. The maximum absolute atomic E-state index is 12.6. The minimum atomic E-state index is -0.812. The van der Waals surface area contributed by atoms with Crippen LogP contribution in [0.1, 0.15) is 34.1 Å². The summed E-state index contributed by atoms with van der Waals surface area (Å²) < 4.78 is 17.1. The number of halogens is 1. The first-order chi connectivity index (χ1) is 14.1. The number of fused-ring (bicyclic) bond motifs is 1. The summed E-state index contributed by atoms with van der Waals surface area (Å²) in [6.45, 7) is 7.73. The molecule has 0 radical (unpaired) electrons. The number of nitrogens with zero attached hydrogens (tertiary/aromatic N) is 2. The molecule has 8 nitrogen and oxygen atoms in total. The van der Waals surface area contributed by atoms with E-state index in [-0.39, 0.29) is 13.0 Å². The Bertz CT molecular complexity index is 960. The number of aromatic nitrogens is 1. The van der Waals surface area contributed by atoms with E-state index in [0.29, 0.717) is 34.2 Å². The van der Waals surface area contributed by atoms with Crippen LogP contribution >= 0.6 is 11.6 Å².